The number of unbranched alkanes of at least 4 members (excludes halogenated alkanes) is 2. The van der Waals surface area contributed by atoms with Gasteiger partial charge in [0.25, 0.3) is 0 Å². The van der Waals surface area contributed by atoms with E-state index in [1.165, 1.54) is 12.8 Å². The first-order valence-electron chi connectivity index (χ1n) is 8.11. The second-order valence-corrected chi connectivity index (χ2v) is 5.43. The molecule has 0 aliphatic heterocycles. The minimum Gasteiger partial charge on any atom is -0.494 e. The SMILES string of the molecule is CCCCCOc1ccc(-c2ccc(C(=O)CC)cc2)cc1. The third kappa shape index (κ3) is 4.45. The molecule has 0 saturated carbocycles. The second-order valence-electron chi connectivity index (χ2n) is 5.43. The zero-order chi connectivity index (χ0) is 15.8. The highest BCUT2D eigenvalue weighted by atomic mass is 16.5. The third-order valence-corrected chi connectivity index (χ3v) is 3.73. The van der Waals surface area contributed by atoms with Gasteiger partial charge in [-0.3, -0.25) is 4.79 Å². The molecule has 0 amide bonds. The summed E-state index contributed by atoms with van der Waals surface area (Å²) >= 11 is 0. The number of ether oxygens (including phenoxy) is 1. The Morgan fingerprint density at radius 3 is 2.00 bits per heavy atom. The predicted octanol–water partition coefficient (Wildman–Crippen LogP) is 5.52. The Bertz CT molecular complexity index is 582. The van der Waals surface area contributed by atoms with Gasteiger partial charge in [-0.1, -0.05) is 63.1 Å². The highest BCUT2D eigenvalue weighted by Crippen LogP contribution is 2.23. The summed E-state index contributed by atoms with van der Waals surface area (Å²) in [6.45, 7) is 4.85. The van der Waals surface area contributed by atoms with Crippen molar-refractivity contribution >= 4 is 5.78 Å². The molecule has 0 aromatic heterocycles. The van der Waals surface area contributed by atoms with Crippen LogP contribution in [0.2, 0.25) is 0 Å². The van der Waals surface area contributed by atoms with Crippen molar-refractivity contribution in [1.29, 1.82) is 0 Å². The number of hydrogen-bond donors (Lipinski definition) is 0. The van der Waals surface area contributed by atoms with Crippen LogP contribution in [-0.4, -0.2) is 12.4 Å². The zero-order valence-electron chi connectivity index (χ0n) is 13.5. The Morgan fingerprint density at radius 1 is 0.864 bits per heavy atom. The molecule has 0 aliphatic carbocycles. The van der Waals surface area contributed by atoms with E-state index in [1.54, 1.807) is 0 Å². The van der Waals surface area contributed by atoms with Gasteiger partial charge in [0.2, 0.25) is 0 Å². The maximum atomic E-state index is 11.6. The van der Waals surface area contributed by atoms with Crippen molar-refractivity contribution in [2.24, 2.45) is 0 Å². The quantitative estimate of drug-likeness (QED) is 0.474. The van der Waals surface area contributed by atoms with Gasteiger partial charge < -0.3 is 4.74 Å². The van der Waals surface area contributed by atoms with Crippen molar-refractivity contribution < 1.29 is 9.53 Å². The van der Waals surface area contributed by atoms with Crippen molar-refractivity contribution in [1.82, 2.24) is 0 Å². The predicted molar refractivity (Wildman–Crippen MR) is 91.5 cm³/mol. The van der Waals surface area contributed by atoms with E-state index in [2.05, 4.69) is 19.1 Å². The van der Waals surface area contributed by atoms with Crippen molar-refractivity contribution in [2.45, 2.75) is 39.5 Å². The summed E-state index contributed by atoms with van der Waals surface area (Å²) in [6, 6.07) is 15.9. The molecule has 116 valence electrons. The molecule has 2 heteroatoms. The number of carbonyl (C=O) groups excluding carboxylic acids is 1. The molecular weight excluding hydrogens is 272 g/mol. The number of carbonyl (C=O) groups is 1. The maximum absolute atomic E-state index is 11.6. The summed E-state index contributed by atoms with van der Waals surface area (Å²) in [5.41, 5.74) is 3.03. The summed E-state index contributed by atoms with van der Waals surface area (Å²) in [5.74, 6) is 1.10. The number of hydrogen-bond acceptors (Lipinski definition) is 2. The molecule has 2 rings (SSSR count). The first-order valence-corrected chi connectivity index (χ1v) is 8.11. The minimum absolute atomic E-state index is 0.183. The lowest BCUT2D eigenvalue weighted by Gasteiger charge is -2.07. The van der Waals surface area contributed by atoms with Crippen LogP contribution in [0.1, 0.15) is 49.9 Å². The molecule has 0 radical (unpaired) electrons. The normalized spacial score (nSPS) is 10.5. The third-order valence-electron chi connectivity index (χ3n) is 3.73. The average molecular weight is 296 g/mol. The summed E-state index contributed by atoms with van der Waals surface area (Å²) in [4.78, 5) is 11.6. The molecule has 0 saturated heterocycles. The topological polar surface area (TPSA) is 26.3 Å². The highest BCUT2D eigenvalue weighted by Gasteiger charge is 2.04. The molecule has 0 fully saturated rings. The molecule has 22 heavy (non-hydrogen) atoms. The zero-order valence-corrected chi connectivity index (χ0v) is 13.5. The first-order chi connectivity index (χ1) is 10.7. The summed E-state index contributed by atoms with van der Waals surface area (Å²) < 4.78 is 5.72. The van der Waals surface area contributed by atoms with Crippen molar-refractivity contribution in [3.05, 3.63) is 54.1 Å². The Morgan fingerprint density at radius 2 is 1.45 bits per heavy atom. The standard InChI is InChI=1S/C20H24O2/c1-3-5-6-15-22-19-13-11-17(12-14-19)16-7-9-18(10-8-16)20(21)4-2/h7-14H,3-6,15H2,1-2H3. The smallest absolute Gasteiger partial charge is 0.162 e. The monoisotopic (exact) mass is 296 g/mol. The van der Waals surface area contributed by atoms with Gasteiger partial charge in [-0.2, -0.15) is 0 Å². The summed E-state index contributed by atoms with van der Waals surface area (Å²) in [5, 5.41) is 0. The molecule has 0 spiro atoms. The van der Waals surface area contributed by atoms with Crippen LogP contribution in [-0.2, 0) is 0 Å². The van der Waals surface area contributed by atoms with E-state index in [-0.39, 0.29) is 5.78 Å². The van der Waals surface area contributed by atoms with E-state index in [0.29, 0.717) is 6.42 Å². The van der Waals surface area contributed by atoms with Gasteiger partial charge in [0.15, 0.2) is 5.78 Å². The van der Waals surface area contributed by atoms with Crippen LogP contribution in [0.15, 0.2) is 48.5 Å². The fourth-order valence-electron chi connectivity index (χ4n) is 2.34. The number of benzene rings is 2. The van der Waals surface area contributed by atoms with Gasteiger partial charge in [-0.05, 0) is 29.7 Å². The van der Waals surface area contributed by atoms with E-state index in [1.807, 2.05) is 43.3 Å². The van der Waals surface area contributed by atoms with Gasteiger partial charge in [0.1, 0.15) is 5.75 Å². The van der Waals surface area contributed by atoms with Crippen molar-refractivity contribution in [3.8, 4) is 16.9 Å². The molecule has 0 bridgehead atoms. The van der Waals surface area contributed by atoms with E-state index in [4.69, 9.17) is 4.74 Å². The van der Waals surface area contributed by atoms with E-state index >= 15 is 0 Å². The van der Waals surface area contributed by atoms with Crippen LogP contribution in [0.4, 0.5) is 0 Å². The van der Waals surface area contributed by atoms with Crippen LogP contribution >= 0.6 is 0 Å². The molecule has 0 aliphatic rings. The van der Waals surface area contributed by atoms with Crippen LogP contribution in [0.25, 0.3) is 11.1 Å². The fourth-order valence-corrected chi connectivity index (χ4v) is 2.34. The van der Waals surface area contributed by atoms with E-state index < -0.39 is 0 Å². The van der Waals surface area contributed by atoms with Gasteiger partial charge >= 0.3 is 0 Å². The van der Waals surface area contributed by atoms with Crippen molar-refractivity contribution in [2.75, 3.05) is 6.61 Å². The van der Waals surface area contributed by atoms with Crippen LogP contribution < -0.4 is 4.74 Å². The Balaban J connectivity index is 1.99. The first kappa shape index (κ1) is 16.3. The van der Waals surface area contributed by atoms with Gasteiger partial charge in [0.05, 0.1) is 6.61 Å². The summed E-state index contributed by atoms with van der Waals surface area (Å²) in [7, 11) is 0. The lowest BCUT2D eigenvalue weighted by molar-refractivity contribution is 0.0988. The molecule has 2 aromatic carbocycles. The molecule has 0 N–H and O–H groups in total. The summed E-state index contributed by atoms with van der Waals surface area (Å²) in [6.07, 6.45) is 4.06. The minimum atomic E-state index is 0.183. The van der Waals surface area contributed by atoms with E-state index in [9.17, 15) is 4.79 Å². The Hall–Kier alpha value is -2.09. The van der Waals surface area contributed by atoms with Gasteiger partial charge in [0, 0.05) is 12.0 Å². The van der Waals surface area contributed by atoms with Crippen molar-refractivity contribution in [3.63, 3.8) is 0 Å². The Labute approximate surface area is 133 Å². The van der Waals surface area contributed by atoms with Gasteiger partial charge in [-0.25, -0.2) is 0 Å². The average Bonchev–Trinajstić information content (AvgIpc) is 2.59. The number of rotatable bonds is 8. The van der Waals surface area contributed by atoms with Gasteiger partial charge in [-0.15, -0.1) is 0 Å². The molecule has 0 atom stereocenters. The lowest BCUT2D eigenvalue weighted by Crippen LogP contribution is -1.97. The number of Topliss-reactive ketones (excluding diaryl/α,β-unsaturated/α-hetero) is 1. The van der Waals surface area contributed by atoms with Crippen LogP contribution in [0.5, 0.6) is 5.75 Å². The van der Waals surface area contributed by atoms with E-state index in [0.717, 1.165) is 35.5 Å². The molecule has 0 unspecified atom stereocenters. The lowest BCUT2D eigenvalue weighted by atomic mass is 10.0. The largest absolute Gasteiger partial charge is 0.494 e. The van der Waals surface area contributed by atoms with Crippen LogP contribution in [0.3, 0.4) is 0 Å². The van der Waals surface area contributed by atoms with Crippen LogP contribution in [0, 0.1) is 0 Å². The highest BCUT2D eigenvalue weighted by molar-refractivity contribution is 5.96. The number of ketones is 1. The molecule has 2 nitrogen and oxygen atoms in total. The second kappa shape index (κ2) is 8.38. The molecule has 2 aromatic rings. The molecule has 0 heterocycles. The maximum Gasteiger partial charge on any atom is 0.162 e. The molecular formula is C20H24O2. The fraction of sp³-hybridized carbons (Fsp3) is 0.350. The Kier molecular flexibility index (Phi) is 6.20.